The molecule has 2 rings (SSSR count). The summed E-state index contributed by atoms with van der Waals surface area (Å²) in [7, 11) is 4.14. The van der Waals surface area contributed by atoms with Crippen molar-refractivity contribution in [3.8, 4) is 0 Å². The Bertz CT molecular complexity index is 473. The monoisotopic (exact) mass is 218 g/mol. The molecule has 0 bridgehead atoms. The fourth-order valence-electron chi connectivity index (χ4n) is 2.01. The third-order valence-electron chi connectivity index (χ3n) is 2.66. The predicted octanol–water partition coefficient (Wildman–Crippen LogP) is 1.19. The van der Waals surface area contributed by atoms with Gasteiger partial charge in [-0.25, -0.2) is 0 Å². The van der Waals surface area contributed by atoms with Crippen molar-refractivity contribution in [2.75, 3.05) is 14.1 Å². The van der Waals surface area contributed by atoms with E-state index in [1.54, 1.807) is 0 Å². The molecule has 0 amide bonds. The summed E-state index contributed by atoms with van der Waals surface area (Å²) in [5.74, 6) is 5.40. The van der Waals surface area contributed by atoms with Gasteiger partial charge < -0.3 is 9.88 Å². The van der Waals surface area contributed by atoms with E-state index < -0.39 is 0 Å². The van der Waals surface area contributed by atoms with Gasteiger partial charge in [-0.1, -0.05) is 18.2 Å². The summed E-state index contributed by atoms with van der Waals surface area (Å²) in [6, 6.07) is 8.34. The van der Waals surface area contributed by atoms with Crippen molar-refractivity contribution < 1.29 is 0 Å². The third-order valence-corrected chi connectivity index (χ3v) is 2.66. The second-order valence-electron chi connectivity index (χ2n) is 4.25. The molecule has 1 aromatic carbocycles. The van der Waals surface area contributed by atoms with Crippen LogP contribution in [0, 0.1) is 0 Å². The molecule has 16 heavy (non-hydrogen) atoms. The number of hydrogen-bond acceptors (Lipinski definition) is 3. The first-order chi connectivity index (χ1) is 7.72. The smallest absolute Gasteiger partial charge is 0.0503 e. The summed E-state index contributed by atoms with van der Waals surface area (Å²) in [5.41, 5.74) is 6.36. The quantitative estimate of drug-likeness (QED) is 0.534. The van der Waals surface area contributed by atoms with Crippen molar-refractivity contribution in [2.45, 2.75) is 13.1 Å². The first-order valence-electron chi connectivity index (χ1n) is 5.39. The molecule has 0 aliphatic carbocycles. The van der Waals surface area contributed by atoms with Crippen molar-refractivity contribution in [2.24, 2.45) is 5.84 Å². The van der Waals surface area contributed by atoms with E-state index in [1.165, 1.54) is 16.5 Å². The zero-order valence-electron chi connectivity index (χ0n) is 9.75. The number of hydrazine groups is 1. The molecule has 0 fully saturated rings. The topological polar surface area (TPSA) is 57.1 Å². The number of aromatic amines is 1. The minimum Gasteiger partial charge on any atom is -0.357 e. The van der Waals surface area contributed by atoms with Gasteiger partial charge in [-0.05, 0) is 25.7 Å². The number of nitrogens with zero attached hydrogens (tertiary/aromatic N) is 1. The van der Waals surface area contributed by atoms with Crippen LogP contribution in [0.25, 0.3) is 10.9 Å². The molecule has 86 valence electrons. The standard InChI is InChI=1S/C12H18N4/c1-16(2)8-10-9-5-3-4-6-11(9)15-12(10)7-14-13/h3-6,14-15H,7-8,13H2,1-2H3. The van der Waals surface area contributed by atoms with Gasteiger partial charge in [0.05, 0.1) is 6.54 Å². The Labute approximate surface area is 95.4 Å². The van der Waals surface area contributed by atoms with E-state index in [0.717, 1.165) is 12.2 Å². The van der Waals surface area contributed by atoms with Crippen LogP contribution in [0.4, 0.5) is 0 Å². The van der Waals surface area contributed by atoms with Gasteiger partial charge in [0.2, 0.25) is 0 Å². The number of para-hydroxylation sites is 1. The van der Waals surface area contributed by atoms with Crippen molar-refractivity contribution in [3.05, 3.63) is 35.5 Å². The minimum absolute atomic E-state index is 0.665. The number of H-pyrrole nitrogens is 1. The van der Waals surface area contributed by atoms with E-state index in [9.17, 15) is 0 Å². The number of rotatable bonds is 4. The normalized spacial score (nSPS) is 11.5. The Morgan fingerprint density at radius 3 is 2.75 bits per heavy atom. The molecule has 2 aromatic rings. The van der Waals surface area contributed by atoms with Crippen molar-refractivity contribution in [1.82, 2.24) is 15.3 Å². The van der Waals surface area contributed by atoms with E-state index >= 15 is 0 Å². The second-order valence-corrected chi connectivity index (χ2v) is 4.25. The fourth-order valence-corrected chi connectivity index (χ4v) is 2.01. The van der Waals surface area contributed by atoms with Crippen LogP contribution in [-0.4, -0.2) is 24.0 Å². The van der Waals surface area contributed by atoms with Crippen molar-refractivity contribution in [1.29, 1.82) is 0 Å². The molecule has 0 saturated carbocycles. The summed E-state index contributed by atoms with van der Waals surface area (Å²) in [5, 5.41) is 1.28. The van der Waals surface area contributed by atoms with Gasteiger partial charge in [0, 0.05) is 23.1 Å². The highest BCUT2D eigenvalue weighted by Crippen LogP contribution is 2.23. The van der Waals surface area contributed by atoms with Crippen LogP contribution in [0.1, 0.15) is 11.3 Å². The lowest BCUT2D eigenvalue weighted by Crippen LogP contribution is -2.22. The Kier molecular flexibility index (Phi) is 3.24. The zero-order valence-corrected chi connectivity index (χ0v) is 9.75. The highest BCUT2D eigenvalue weighted by molar-refractivity contribution is 5.84. The number of aromatic nitrogens is 1. The SMILES string of the molecule is CN(C)Cc1c(CNN)[nH]c2ccccc12. The van der Waals surface area contributed by atoms with Gasteiger partial charge in [0.25, 0.3) is 0 Å². The molecule has 0 radical (unpaired) electrons. The molecule has 0 aliphatic heterocycles. The van der Waals surface area contributed by atoms with Crippen molar-refractivity contribution in [3.63, 3.8) is 0 Å². The Morgan fingerprint density at radius 2 is 2.06 bits per heavy atom. The molecule has 4 N–H and O–H groups in total. The zero-order chi connectivity index (χ0) is 11.5. The number of nitrogens with one attached hydrogen (secondary N) is 2. The summed E-state index contributed by atoms with van der Waals surface area (Å²) < 4.78 is 0. The number of hydrogen-bond donors (Lipinski definition) is 3. The molecule has 0 spiro atoms. The molecule has 0 aliphatic rings. The van der Waals surface area contributed by atoms with Gasteiger partial charge in [-0.3, -0.25) is 11.3 Å². The molecule has 4 nitrogen and oxygen atoms in total. The van der Waals surface area contributed by atoms with Crippen LogP contribution >= 0.6 is 0 Å². The van der Waals surface area contributed by atoms with Crippen LogP contribution < -0.4 is 11.3 Å². The highest BCUT2D eigenvalue weighted by Gasteiger charge is 2.10. The maximum Gasteiger partial charge on any atom is 0.0503 e. The molecule has 1 heterocycles. The van der Waals surface area contributed by atoms with Crippen LogP contribution in [0.15, 0.2) is 24.3 Å². The number of benzene rings is 1. The Balaban J connectivity index is 2.50. The molecule has 1 aromatic heterocycles. The number of nitrogens with two attached hydrogens (primary N) is 1. The Hall–Kier alpha value is -1.36. The summed E-state index contributed by atoms with van der Waals surface area (Å²) >= 11 is 0. The lowest BCUT2D eigenvalue weighted by molar-refractivity contribution is 0.402. The molecule has 0 saturated heterocycles. The first-order valence-corrected chi connectivity index (χ1v) is 5.39. The fraction of sp³-hybridized carbons (Fsp3) is 0.333. The van der Waals surface area contributed by atoms with E-state index in [0.29, 0.717) is 6.54 Å². The maximum atomic E-state index is 5.40. The largest absolute Gasteiger partial charge is 0.357 e. The van der Waals surface area contributed by atoms with Crippen LogP contribution in [0.5, 0.6) is 0 Å². The van der Waals surface area contributed by atoms with Gasteiger partial charge in [0.15, 0.2) is 0 Å². The molecular formula is C12H18N4. The molecule has 0 atom stereocenters. The van der Waals surface area contributed by atoms with Crippen LogP contribution in [0.3, 0.4) is 0 Å². The minimum atomic E-state index is 0.665. The molecular weight excluding hydrogens is 200 g/mol. The molecule has 0 unspecified atom stereocenters. The van der Waals surface area contributed by atoms with E-state index in [-0.39, 0.29) is 0 Å². The summed E-state index contributed by atoms with van der Waals surface area (Å²) in [4.78, 5) is 5.56. The van der Waals surface area contributed by atoms with Gasteiger partial charge in [-0.2, -0.15) is 0 Å². The average Bonchev–Trinajstić information content (AvgIpc) is 2.57. The van der Waals surface area contributed by atoms with Crippen LogP contribution in [0.2, 0.25) is 0 Å². The van der Waals surface area contributed by atoms with E-state index in [1.807, 2.05) is 6.07 Å². The predicted molar refractivity (Wildman–Crippen MR) is 66.7 cm³/mol. The maximum absolute atomic E-state index is 5.40. The highest BCUT2D eigenvalue weighted by atomic mass is 15.2. The van der Waals surface area contributed by atoms with E-state index in [4.69, 9.17) is 5.84 Å². The average molecular weight is 218 g/mol. The molecule has 4 heteroatoms. The second kappa shape index (κ2) is 4.65. The first kappa shape index (κ1) is 11.1. The summed E-state index contributed by atoms with van der Waals surface area (Å²) in [6.07, 6.45) is 0. The van der Waals surface area contributed by atoms with Crippen LogP contribution in [-0.2, 0) is 13.1 Å². The lowest BCUT2D eigenvalue weighted by Gasteiger charge is -2.10. The third kappa shape index (κ3) is 2.09. The Morgan fingerprint density at radius 1 is 1.31 bits per heavy atom. The summed E-state index contributed by atoms with van der Waals surface area (Å²) in [6.45, 7) is 1.58. The van der Waals surface area contributed by atoms with Gasteiger partial charge in [0.1, 0.15) is 0 Å². The lowest BCUT2D eigenvalue weighted by atomic mass is 10.1. The number of fused-ring (bicyclic) bond motifs is 1. The van der Waals surface area contributed by atoms with E-state index in [2.05, 4.69) is 47.6 Å². The van der Waals surface area contributed by atoms with Gasteiger partial charge >= 0.3 is 0 Å². The van der Waals surface area contributed by atoms with Gasteiger partial charge in [-0.15, -0.1) is 0 Å². The van der Waals surface area contributed by atoms with Crippen molar-refractivity contribution >= 4 is 10.9 Å².